The standard InChI is InChI=1S/C22H18N6O/c23-19-6-4-16(11-18(19)20-12-26-7-8-27-20)22(29)28-17-5-3-13-9-15(21(24)25)2-1-14(13)10-17/h1-12H,23H2,(H3,24,25)(H,28,29)/p+1. The summed E-state index contributed by atoms with van der Waals surface area (Å²) in [6.07, 6.45) is 4.77. The molecule has 4 rings (SSSR count). The molecule has 0 aliphatic heterocycles. The third-order valence-corrected chi connectivity index (χ3v) is 4.59. The first-order chi connectivity index (χ1) is 14.0. The van der Waals surface area contributed by atoms with Crippen molar-refractivity contribution in [2.24, 2.45) is 5.73 Å². The Balaban J connectivity index is 1.61. The summed E-state index contributed by atoms with van der Waals surface area (Å²) >= 11 is 0. The van der Waals surface area contributed by atoms with Gasteiger partial charge in [-0.2, -0.15) is 0 Å². The molecule has 0 fully saturated rings. The zero-order chi connectivity index (χ0) is 20.4. The first-order valence-electron chi connectivity index (χ1n) is 8.90. The Morgan fingerprint density at radius 1 is 0.931 bits per heavy atom. The summed E-state index contributed by atoms with van der Waals surface area (Å²) in [6, 6.07) is 16.4. The largest absolute Gasteiger partial charge is 0.398 e. The maximum Gasteiger partial charge on any atom is 0.270 e. The Morgan fingerprint density at radius 2 is 1.69 bits per heavy atom. The zero-order valence-corrected chi connectivity index (χ0v) is 15.5. The molecule has 0 bridgehead atoms. The summed E-state index contributed by atoms with van der Waals surface area (Å²) in [7, 11) is 0. The van der Waals surface area contributed by atoms with Crippen molar-refractivity contribution in [2.45, 2.75) is 0 Å². The number of aromatic nitrogens is 2. The van der Waals surface area contributed by atoms with E-state index in [2.05, 4.69) is 15.3 Å². The van der Waals surface area contributed by atoms with Crippen LogP contribution < -0.4 is 22.2 Å². The van der Waals surface area contributed by atoms with Crippen molar-refractivity contribution in [2.75, 3.05) is 11.1 Å². The van der Waals surface area contributed by atoms with Crippen molar-refractivity contribution in [1.29, 1.82) is 0 Å². The Morgan fingerprint density at radius 3 is 2.45 bits per heavy atom. The summed E-state index contributed by atoms with van der Waals surface area (Å²) in [5, 5.41) is 10.5. The molecular formula is C22H19N6O+. The van der Waals surface area contributed by atoms with E-state index in [1.54, 1.807) is 36.8 Å². The van der Waals surface area contributed by atoms with Crippen LogP contribution in [-0.4, -0.2) is 21.7 Å². The molecule has 0 spiro atoms. The quantitative estimate of drug-likeness (QED) is 0.241. The first kappa shape index (κ1) is 18.1. The molecule has 142 valence electrons. The Kier molecular flexibility index (Phi) is 4.62. The van der Waals surface area contributed by atoms with Gasteiger partial charge in [0.1, 0.15) is 0 Å². The van der Waals surface area contributed by atoms with Gasteiger partial charge in [-0.25, -0.2) is 0 Å². The minimum atomic E-state index is -0.245. The zero-order valence-electron chi connectivity index (χ0n) is 15.5. The van der Waals surface area contributed by atoms with Gasteiger partial charge in [0.25, 0.3) is 11.7 Å². The molecule has 3 aromatic carbocycles. The highest BCUT2D eigenvalue weighted by molar-refractivity contribution is 6.06. The summed E-state index contributed by atoms with van der Waals surface area (Å²) in [5.74, 6) is 0.0252. The maximum atomic E-state index is 12.8. The van der Waals surface area contributed by atoms with Gasteiger partial charge in [0.15, 0.2) is 0 Å². The third-order valence-electron chi connectivity index (χ3n) is 4.59. The number of carbonyl (C=O) groups excluding carboxylic acids is 1. The van der Waals surface area contributed by atoms with E-state index in [4.69, 9.17) is 16.9 Å². The van der Waals surface area contributed by atoms with Crippen molar-refractivity contribution in [3.8, 4) is 11.3 Å². The van der Waals surface area contributed by atoms with Gasteiger partial charge in [0, 0.05) is 34.9 Å². The monoisotopic (exact) mass is 383 g/mol. The average molecular weight is 383 g/mol. The van der Waals surface area contributed by atoms with Gasteiger partial charge in [-0.3, -0.25) is 25.9 Å². The number of hydrogen-bond donors (Lipinski definition) is 4. The second kappa shape index (κ2) is 7.40. The van der Waals surface area contributed by atoms with E-state index in [0.717, 1.165) is 16.3 Å². The first-order valence-corrected chi connectivity index (χ1v) is 8.90. The van der Waals surface area contributed by atoms with E-state index in [9.17, 15) is 4.79 Å². The number of anilines is 2. The Bertz CT molecular complexity index is 1240. The molecule has 1 heterocycles. The van der Waals surface area contributed by atoms with Crippen molar-refractivity contribution in [1.82, 2.24) is 9.97 Å². The normalized spacial score (nSPS) is 10.6. The van der Waals surface area contributed by atoms with Gasteiger partial charge in [0.2, 0.25) is 0 Å². The molecule has 7 heteroatoms. The van der Waals surface area contributed by atoms with E-state index in [1.165, 1.54) is 0 Å². The molecule has 0 aliphatic carbocycles. The predicted molar refractivity (Wildman–Crippen MR) is 114 cm³/mol. The second-order valence-corrected chi connectivity index (χ2v) is 6.58. The SMILES string of the molecule is NC(=[NH2+])c1ccc2cc(NC(=O)c3ccc(N)c(-c4cnccn4)c3)ccc2c1. The van der Waals surface area contributed by atoms with Crippen molar-refractivity contribution in [3.05, 3.63) is 84.3 Å². The molecule has 4 aromatic rings. The van der Waals surface area contributed by atoms with Gasteiger partial charge < -0.3 is 11.1 Å². The van der Waals surface area contributed by atoms with Gasteiger partial charge in [-0.1, -0.05) is 12.1 Å². The van der Waals surface area contributed by atoms with Gasteiger partial charge >= 0.3 is 0 Å². The number of carbonyl (C=O) groups is 1. The molecule has 1 aromatic heterocycles. The van der Waals surface area contributed by atoms with Crippen molar-refractivity contribution in [3.63, 3.8) is 0 Å². The summed E-state index contributed by atoms with van der Waals surface area (Å²) in [6.45, 7) is 0. The number of nitrogens with one attached hydrogen (secondary N) is 1. The molecule has 0 aliphatic rings. The fourth-order valence-corrected chi connectivity index (χ4v) is 3.06. The Hall–Kier alpha value is -4.26. The molecule has 29 heavy (non-hydrogen) atoms. The predicted octanol–water partition coefficient (Wildman–Crippen LogP) is 1.60. The second-order valence-electron chi connectivity index (χ2n) is 6.58. The lowest BCUT2D eigenvalue weighted by Gasteiger charge is -2.10. The highest BCUT2D eigenvalue weighted by Gasteiger charge is 2.12. The topological polar surface area (TPSA) is 133 Å². The molecule has 1 amide bonds. The van der Waals surface area contributed by atoms with E-state index >= 15 is 0 Å². The summed E-state index contributed by atoms with van der Waals surface area (Å²) in [4.78, 5) is 21.1. The summed E-state index contributed by atoms with van der Waals surface area (Å²) < 4.78 is 0. The number of amides is 1. The number of nitrogen functional groups attached to an aromatic ring is 1. The maximum absolute atomic E-state index is 12.8. The van der Waals surface area contributed by atoms with Crippen molar-refractivity contribution >= 4 is 33.9 Å². The van der Waals surface area contributed by atoms with Crippen LogP contribution in [0.1, 0.15) is 15.9 Å². The van der Waals surface area contributed by atoms with Crippen molar-refractivity contribution < 1.29 is 10.2 Å². The highest BCUT2D eigenvalue weighted by atomic mass is 16.1. The Labute approximate surface area is 166 Å². The fraction of sp³-hybridized carbons (Fsp3) is 0. The minimum absolute atomic E-state index is 0.245. The number of nitrogens with zero attached hydrogens (tertiary/aromatic N) is 2. The van der Waals surface area contributed by atoms with E-state index < -0.39 is 0 Å². The number of fused-ring (bicyclic) bond motifs is 1. The molecule has 7 nitrogen and oxygen atoms in total. The summed E-state index contributed by atoms with van der Waals surface area (Å²) in [5.41, 5.74) is 15.4. The number of benzene rings is 3. The number of hydrogen-bond acceptors (Lipinski definition) is 4. The molecule has 0 radical (unpaired) electrons. The highest BCUT2D eigenvalue weighted by Crippen LogP contribution is 2.26. The molecule has 0 atom stereocenters. The fourth-order valence-electron chi connectivity index (χ4n) is 3.06. The lowest BCUT2D eigenvalue weighted by Crippen LogP contribution is -2.46. The van der Waals surface area contributed by atoms with Crippen LogP contribution in [-0.2, 0) is 0 Å². The molecule has 0 saturated heterocycles. The van der Waals surface area contributed by atoms with Crippen LogP contribution in [0.5, 0.6) is 0 Å². The number of nitrogens with two attached hydrogens (primary N) is 3. The van der Waals surface area contributed by atoms with E-state index in [1.807, 2.05) is 36.4 Å². The smallest absolute Gasteiger partial charge is 0.270 e. The lowest BCUT2D eigenvalue weighted by molar-refractivity contribution is -0.114. The van der Waals surface area contributed by atoms with Crippen LogP contribution in [0.2, 0.25) is 0 Å². The van der Waals surface area contributed by atoms with Gasteiger partial charge in [-0.05, 0) is 53.2 Å². The van der Waals surface area contributed by atoms with E-state index in [0.29, 0.717) is 28.2 Å². The molecular weight excluding hydrogens is 364 g/mol. The minimum Gasteiger partial charge on any atom is -0.398 e. The van der Waals surface area contributed by atoms with Crippen LogP contribution >= 0.6 is 0 Å². The van der Waals surface area contributed by atoms with Crippen LogP contribution in [0.4, 0.5) is 11.4 Å². The van der Waals surface area contributed by atoms with Crippen LogP contribution in [0.15, 0.2) is 73.2 Å². The lowest BCUT2D eigenvalue weighted by atomic mass is 10.0. The molecule has 0 saturated carbocycles. The van der Waals surface area contributed by atoms with Crippen LogP contribution in [0, 0.1) is 0 Å². The third kappa shape index (κ3) is 3.74. The number of amidine groups is 1. The average Bonchev–Trinajstić information content (AvgIpc) is 2.74. The molecule has 7 N–H and O–H groups in total. The van der Waals surface area contributed by atoms with Gasteiger partial charge in [-0.15, -0.1) is 0 Å². The van der Waals surface area contributed by atoms with Crippen LogP contribution in [0.25, 0.3) is 22.0 Å². The number of rotatable bonds is 4. The van der Waals surface area contributed by atoms with Gasteiger partial charge in [0.05, 0.1) is 17.5 Å². The van der Waals surface area contributed by atoms with Crippen LogP contribution in [0.3, 0.4) is 0 Å². The van der Waals surface area contributed by atoms with E-state index in [-0.39, 0.29) is 11.7 Å². The molecule has 0 unspecified atom stereocenters.